The maximum atomic E-state index is 5.84. The molecular weight excluding hydrogens is 226 g/mol. The van der Waals surface area contributed by atoms with Gasteiger partial charge in [0.1, 0.15) is 11.6 Å². The van der Waals surface area contributed by atoms with E-state index in [-0.39, 0.29) is 5.92 Å². The van der Waals surface area contributed by atoms with Crippen LogP contribution in [0.2, 0.25) is 0 Å². The van der Waals surface area contributed by atoms with Gasteiger partial charge in [0.2, 0.25) is 0 Å². The fourth-order valence-electron chi connectivity index (χ4n) is 1.79. The largest absolute Gasteiger partial charge is 0.384 e. The molecule has 18 heavy (non-hydrogen) atoms. The molecule has 0 aliphatic heterocycles. The van der Waals surface area contributed by atoms with Crippen LogP contribution in [0.3, 0.4) is 0 Å². The molecule has 0 fully saturated rings. The highest BCUT2D eigenvalue weighted by atomic mass is 16.5. The van der Waals surface area contributed by atoms with Crippen LogP contribution < -0.4 is 5.73 Å². The van der Waals surface area contributed by atoms with Crippen LogP contribution in [0, 0.1) is 0 Å². The third-order valence-electron chi connectivity index (χ3n) is 2.69. The number of benzene rings is 1. The Hall–Kier alpha value is -1.94. The summed E-state index contributed by atoms with van der Waals surface area (Å²) in [6, 6.07) is 11.7. The minimum Gasteiger partial charge on any atom is -0.384 e. The number of anilines is 1. The van der Waals surface area contributed by atoms with E-state index in [2.05, 4.69) is 9.97 Å². The Labute approximate surface area is 107 Å². The Morgan fingerprint density at radius 2 is 1.94 bits per heavy atom. The van der Waals surface area contributed by atoms with E-state index >= 15 is 0 Å². The van der Waals surface area contributed by atoms with Gasteiger partial charge in [-0.15, -0.1) is 0 Å². The molecule has 0 aliphatic rings. The number of aromatic nitrogens is 2. The van der Waals surface area contributed by atoms with Crippen molar-refractivity contribution < 1.29 is 4.74 Å². The average molecular weight is 243 g/mol. The van der Waals surface area contributed by atoms with Gasteiger partial charge < -0.3 is 10.5 Å². The zero-order chi connectivity index (χ0) is 13.0. The SMILES string of the molecule is COCC(C)c1nc(N)cc(-c2ccccc2)n1. The molecule has 0 saturated carbocycles. The molecule has 0 saturated heterocycles. The second-order valence-electron chi connectivity index (χ2n) is 4.26. The lowest BCUT2D eigenvalue weighted by Crippen LogP contribution is -2.09. The molecule has 4 heteroatoms. The van der Waals surface area contributed by atoms with Gasteiger partial charge in [-0.25, -0.2) is 9.97 Å². The van der Waals surface area contributed by atoms with E-state index in [9.17, 15) is 0 Å². The van der Waals surface area contributed by atoms with Crippen molar-refractivity contribution in [3.05, 3.63) is 42.2 Å². The van der Waals surface area contributed by atoms with E-state index in [0.29, 0.717) is 12.4 Å². The third-order valence-corrected chi connectivity index (χ3v) is 2.69. The Balaban J connectivity index is 2.38. The normalized spacial score (nSPS) is 12.3. The van der Waals surface area contributed by atoms with Crippen molar-refractivity contribution in [1.29, 1.82) is 0 Å². The van der Waals surface area contributed by atoms with Crippen molar-refractivity contribution in [2.24, 2.45) is 0 Å². The Bertz CT molecular complexity index is 514. The number of rotatable bonds is 4. The van der Waals surface area contributed by atoms with Crippen LogP contribution in [0.1, 0.15) is 18.7 Å². The summed E-state index contributed by atoms with van der Waals surface area (Å²) in [5.41, 5.74) is 7.73. The van der Waals surface area contributed by atoms with E-state index in [1.165, 1.54) is 0 Å². The van der Waals surface area contributed by atoms with E-state index < -0.39 is 0 Å². The molecule has 2 N–H and O–H groups in total. The van der Waals surface area contributed by atoms with Gasteiger partial charge in [0.25, 0.3) is 0 Å². The molecule has 1 aromatic heterocycles. The lowest BCUT2D eigenvalue weighted by atomic mass is 10.1. The lowest BCUT2D eigenvalue weighted by Gasteiger charge is -2.11. The molecule has 2 rings (SSSR count). The van der Waals surface area contributed by atoms with E-state index in [1.807, 2.05) is 37.3 Å². The topological polar surface area (TPSA) is 61.0 Å². The van der Waals surface area contributed by atoms with Crippen molar-refractivity contribution in [2.75, 3.05) is 19.5 Å². The van der Waals surface area contributed by atoms with Gasteiger partial charge in [-0.3, -0.25) is 0 Å². The van der Waals surface area contributed by atoms with Gasteiger partial charge in [-0.05, 0) is 0 Å². The van der Waals surface area contributed by atoms with Gasteiger partial charge in [0, 0.05) is 24.7 Å². The highest BCUT2D eigenvalue weighted by Crippen LogP contribution is 2.21. The van der Waals surface area contributed by atoms with Crippen molar-refractivity contribution in [3.8, 4) is 11.3 Å². The first kappa shape index (κ1) is 12.5. The smallest absolute Gasteiger partial charge is 0.136 e. The number of nitrogens with zero attached hydrogens (tertiary/aromatic N) is 2. The summed E-state index contributed by atoms with van der Waals surface area (Å²) in [4.78, 5) is 8.82. The first-order valence-corrected chi connectivity index (χ1v) is 5.89. The van der Waals surface area contributed by atoms with E-state index in [1.54, 1.807) is 13.2 Å². The molecule has 0 amide bonds. The maximum Gasteiger partial charge on any atom is 0.136 e. The minimum absolute atomic E-state index is 0.126. The summed E-state index contributed by atoms with van der Waals surface area (Å²) in [7, 11) is 1.67. The first-order valence-electron chi connectivity index (χ1n) is 5.89. The molecule has 0 bridgehead atoms. The fraction of sp³-hybridized carbons (Fsp3) is 0.286. The number of nitrogen functional groups attached to an aromatic ring is 1. The van der Waals surface area contributed by atoms with Crippen LogP contribution >= 0.6 is 0 Å². The zero-order valence-electron chi connectivity index (χ0n) is 10.6. The van der Waals surface area contributed by atoms with Crippen LogP contribution in [0.25, 0.3) is 11.3 Å². The van der Waals surface area contributed by atoms with Gasteiger partial charge in [0.15, 0.2) is 0 Å². The average Bonchev–Trinajstić information content (AvgIpc) is 2.39. The zero-order valence-corrected chi connectivity index (χ0v) is 10.6. The summed E-state index contributed by atoms with van der Waals surface area (Å²) in [6.07, 6.45) is 0. The van der Waals surface area contributed by atoms with Gasteiger partial charge in [0.05, 0.1) is 12.3 Å². The fourth-order valence-corrected chi connectivity index (χ4v) is 1.79. The molecule has 0 spiro atoms. The molecule has 0 aliphatic carbocycles. The number of ether oxygens (including phenoxy) is 1. The van der Waals surface area contributed by atoms with Crippen LogP contribution in [0.4, 0.5) is 5.82 Å². The van der Waals surface area contributed by atoms with Crippen molar-refractivity contribution in [1.82, 2.24) is 9.97 Å². The molecule has 4 nitrogen and oxygen atoms in total. The van der Waals surface area contributed by atoms with Crippen molar-refractivity contribution >= 4 is 5.82 Å². The molecular formula is C14H17N3O. The van der Waals surface area contributed by atoms with Crippen molar-refractivity contribution in [2.45, 2.75) is 12.8 Å². The second-order valence-corrected chi connectivity index (χ2v) is 4.26. The molecule has 1 aromatic carbocycles. The van der Waals surface area contributed by atoms with Gasteiger partial charge in [-0.1, -0.05) is 37.3 Å². The molecule has 94 valence electrons. The molecule has 1 heterocycles. The highest BCUT2D eigenvalue weighted by molar-refractivity contribution is 5.61. The summed E-state index contributed by atoms with van der Waals surface area (Å²) in [5, 5.41) is 0. The lowest BCUT2D eigenvalue weighted by molar-refractivity contribution is 0.181. The quantitative estimate of drug-likeness (QED) is 0.896. The summed E-state index contributed by atoms with van der Waals surface area (Å²) < 4.78 is 5.12. The molecule has 0 radical (unpaired) electrons. The third kappa shape index (κ3) is 2.84. The van der Waals surface area contributed by atoms with Gasteiger partial charge in [-0.2, -0.15) is 0 Å². The Kier molecular flexibility index (Phi) is 3.89. The number of methoxy groups -OCH3 is 1. The minimum atomic E-state index is 0.126. The van der Waals surface area contributed by atoms with E-state index in [4.69, 9.17) is 10.5 Å². The summed E-state index contributed by atoms with van der Waals surface area (Å²) in [6.45, 7) is 2.60. The van der Waals surface area contributed by atoms with Crippen LogP contribution in [0.15, 0.2) is 36.4 Å². The molecule has 1 atom stereocenters. The number of hydrogen-bond acceptors (Lipinski definition) is 4. The number of hydrogen-bond donors (Lipinski definition) is 1. The molecule has 2 aromatic rings. The first-order chi connectivity index (χ1) is 8.70. The highest BCUT2D eigenvalue weighted by Gasteiger charge is 2.11. The standard InChI is InChI=1S/C14H17N3O/c1-10(9-18-2)14-16-12(8-13(15)17-14)11-6-4-3-5-7-11/h3-8,10H,9H2,1-2H3,(H2,15,16,17). The van der Waals surface area contributed by atoms with Crippen molar-refractivity contribution in [3.63, 3.8) is 0 Å². The number of nitrogens with two attached hydrogens (primary N) is 1. The Morgan fingerprint density at radius 1 is 1.22 bits per heavy atom. The summed E-state index contributed by atoms with van der Waals surface area (Å²) in [5.74, 6) is 1.33. The molecule has 1 unspecified atom stereocenters. The predicted molar refractivity (Wildman–Crippen MR) is 72.2 cm³/mol. The van der Waals surface area contributed by atoms with Crippen LogP contribution in [0.5, 0.6) is 0 Å². The van der Waals surface area contributed by atoms with Crippen LogP contribution in [-0.2, 0) is 4.74 Å². The second kappa shape index (κ2) is 5.60. The predicted octanol–water partition coefficient (Wildman–Crippen LogP) is 2.48. The van der Waals surface area contributed by atoms with Gasteiger partial charge >= 0.3 is 0 Å². The maximum absolute atomic E-state index is 5.84. The Morgan fingerprint density at radius 3 is 2.61 bits per heavy atom. The monoisotopic (exact) mass is 243 g/mol. The van der Waals surface area contributed by atoms with Crippen LogP contribution in [-0.4, -0.2) is 23.7 Å². The van der Waals surface area contributed by atoms with E-state index in [0.717, 1.165) is 17.1 Å². The summed E-state index contributed by atoms with van der Waals surface area (Å²) >= 11 is 0.